The number of aromatic nitrogens is 2. The van der Waals surface area contributed by atoms with Gasteiger partial charge in [-0.15, -0.1) is 0 Å². The molecule has 160 valence electrons. The van der Waals surface area contributed by atoms with Crippen LogP contribution in [0.4, 0.5) is 0 Å². The summed E-state index contributed by atoms with van der Waals surface area (Å²) in [6, 6.07) is 18.7. The molecule has 0 saturated carbocycles. The average Bonchev–Trinajstić information content (AvgIpc) is 3.23. The molecule has 1 amide bonds. The number of amides is 1. The molecular weight excluding hydrogens is 384 g/mol. The molecule has 4 rings (SSSR count). The third-order valence-electron chi connectivity index (χ3n) is 6.08. The lowest BCUT2D eigenvalue weighted by Gasteiger charge is -2.34. The van der Waals surface area contributed by atoms with Crippen LogP contribution in [0.2, 0.25) is 0 Å². The van der Waals surface area contributed by atoms with Gasteiger partial charge in [0.2, 0.25) is 5.91 Å². The highest BCUT2D eigenvalue weighted by atomic mass is 16.2. The van der Waals surface area contributed by atoms with E-state index in [-0.39, 0.29) is 5.91 Å². The van der Waals surface area contributed by atoms with Gasteiger partial charge in [-0.25, -0.2) is 4.68 Å². The predicted octanol–water partition coefficient (Wildman–Crippen LogP) is 4.41. The van der Waals surface area contributed by atoms with Crippen molar-refractivity contribution in [3.63, 3.8) is 0 Å². The van der Waals surface area contributed by atoms with E-state index in [0.29, 0.717) is 6.04 Å². The van der Waals surface area contributed by atoms with Gasteiger partial charge in [0.05, 0.1) is 11.4 Å². The molecule has 2 aromatic carbocycles. The van der Waals surface area contributed by atoms with Crippen LogP contribution >= 0.6 is 0 Å². The Bertz CT molecular complexity index is 1040. The van der Waals surface area contributed by atoms with Crippen LogP contribution in [0, 0.1) is 6.92 Å². The van der Waals surface area contributed by atoms with Gasteiger partial charge in [-0.3, -0.25) is 4.79 Å². The van der Waals surface area contributed by atoms with Crippen molar-refractivity contribution in [3.05, 3.63) is 78.0 Å². The molecular formula is C26H30N4O. The summed E-state index contributed by atoms with van der Waals surface area (Å²) in [5.41, 5.74) is 5.03. The van der Waals surface area contributed by atoms with E-state index in [0.717, 1.165) is 48.4 Å². The van der Waals surface area contributed by atoms with Crippen molar-refractivity contribution in [1.29, 1.82) is 0 Å². The third kappa shape index (κ3) is 4.94. The van der Waals surface area contributed by atoms with Crippen LogP contribution in [0.5, 0.6) is 0 Å². The number of benzene rings is 2. The van der Waals surface area contributed by atoms with Gasteiger partial charge in [0, 0.05) is 36.5 Å². The summed E-state index contributed by atoms with van der Waals surface area (Å²) in [5.74, 6) is 0.0388. The summed E-state index contributed by atoms with van der Waals surface area (Å²) in [4.78, 5) is 17.1. The molecule has 0 aliphatic carbocycles. The van der Waals surface area contributed by atoms with E-state index in [1.165, 1.54) is 5.56 Å². The van der Waals surface area contributed by atoms with Gasteiger partial charge >= 0.3 is 0 Å². The van der Waals surface area contributed by atoms with E-state index in [2.05, 4.69) is 43.1 Å². The quantitative estimate of drug-likeness (QED) is 0.581. The number of hydrogen-bond donors (Lipinski definition) is 0. The van der Waals surface area contributed by atoms with Gasteiger partial charge in [-0.1, -0.05) is 48.0 Å². The molecule has 1 aliphatic heterocycles. The minimum Gasteiger partial charge on any atom is -0.339 e. The lowest BCUT2D eigenvalue weighted by Crippen LogP contribution is -2.43. The third-order valence-corrected chi connectivity index (χ3v) is 6.08. The van der Waals surface area contributed by atoms with Crippen molar-refractivity contribution in [2.45, 2.75) is 25.8 Å². The van der Waals surface area contributed by atoms with E-state index in [4.69, 9.17) is 5.10 Å². The normalized spacial score (nSPS) is 15.5. The first kappa shape index (κ1) is 21.1. The fourth-order valence-corrected chi connectivity index (χ4v) is 4.00. The highest BCUT2D eigenvalue weighted by Gasteiger charge is 2.22. The summed E-state index contributed by atoms with van der Waals surface area (Å²) in [6.45, 7) is 4.14. The second kappa shape index (κ2) is 9.31. The zero-order valence-electron chi connectivity index (χ0n) is 18.5. The molecule has 1 aliphatic rings. The number of likely N-dealkylation sites (N-methyl/N-ethyl adjacent to an activating group) is 1. The highest BCUT2D eigenvalue weighted by Crippen LogP contribution is 2.25. The Morgan fingerprint density at radius 3 is 2.42 bits per heavy atom. The van der Waals surface area contributed by atoms with Crippen molar-refractivity contribution in [2.24, 2.45) is 0 Å². The maximum absolute atomic E-state index is 12.9. The molecule has 0 unspecified atom stereocenters. The first-order valence-corrected chi connectivity index (χ1v) is 10.9. The summed E-state index contributed by atoms with van der Waals surface area (Å²) in [5, 5.41) is 4.84. The van der Waals surface area contributed by atoms with E-state index >= 15 is 0 Å². The number of aryl methyl sites for hydroxylation is 1. The van der Waals surface area contributed by atoms with Gasteiger partial charge in [0.1, 0.15) is 0 Å². The SMILES string of the molecule is Cc1ccc(-c2nn(-c3ccccc3)cc2/C=C/C(=O)N(C)C2CCN(C)CC2)cc1. The van der Waals surface area contributed by atoms with Crippen LogP contribution in [0.3, 0.4) is 0 Å². The molecule has 1 fully saturated rings. The average molecular weight is 415 g/mol. The maximum Gasteiger partial charge on any atom is 0.246 e. The van der Waals surface area contributed by atoms with E-state index < -0.39 is 0 Å². The number of hydrogen-bond acceptors (Lipinski definition) is 3. The molecule has 3 aromatic rings. The summed E-state index contributed by atoms with van der Waals surface area (Å²) in [6.07, 6.45) is 7.61. The van der Waals surface area contributed by atoms with Crippen molar-refractivity contribution in [1.82, 2.24) is 19.6 Å². The number of piperidine rings is 1. The molecule has 0 spiro atoms. The fourth-order valence-electron chi connectivity index (χ4n) is 4.00. The highest BCUT2D eigenvalue weighted by molar-refractivity contribution is 5.93. The largest absolute Gasteiger partial charge is 0.339 e. The molecule has 0 N–H and O–H groups in total. The van der Waals surface area contributed by atoms with Crippen molar-refractivity contribution < 1.29 is 4.79 Å². The Balaban J connectivity index is 1.61. The zero-order chi connectivity index (χ0) is 21.8. The molecule has 5 nitrogen and oxygen atoms in total. The summed E-state index contributed by atoms with van der Waals surface area (Å²) < 4.78 is 1.88. The number of rotatable bonds is 5. The lowest BCUT2D eigenvalue weighted by atomic mass is 10.0. The number of carbonyl (C=O) groups is 1. The number of likely N-dealkylation sites (tertiary alicyclic amines) is 1. The number of nitrogens with zero attached hydrogens (tertiary/aromatic N) is 4. The standard InChI is InChI=1S/C26H30N4O/c1-20-9-11-21(12-10-20)26-22(19-30(27-26)24-7-5-4-6-8-24)13-14-25(31)29(3)23-15-17-28(2)18-16-23/h4-14,19,23H,15-18H2,1-3H3/b14-13+. The molecule has 5 heteroatoms. The van der Waals surface area contributed by atoms with Gasteiger partial charge in [0.15, 0.2) is 0 Å². The second-order valence-corrected chi connectivity index (χ2v) is 8.40. The number of para-hydroxylation sites is 1. The van der Waals surface area contributed by atoms with Gasteiger partial charge < -0.3 is 9.80 Å². The van der Waals surface area contributed by atoms with Crippen LogP contribution < -0.4 is 0 Å². The van der Waals surface area contributed by atoms with Gasteiger partial charge in [0.25, 0.3) is 0 Å². The maximum atomic E-state index is 12.9. The molecule has 0 radical (unpaired) electrons. The smallest absolute Gasteiger partial charge is 0.246 e. The minimum absolute atomic E-state index is 0.0388. The van der Waals surface area contributed by atoms with E-state index in [9.17, 15) is 4.79 Å². The van der Waals surface area contributed by atoms with E-state index in [1.54, 1.807) is 6.08 Å². The Morgan fingerprint density at radius 2 is 1.74 bits per heavy atom. The van der Waals surface area contributed by atoms with Crippen LogP contribution in [-0.2, 0) is 4.79 Å². The Labute approximate surface area is 184 Å². The van der Waals surface area contributed by atoms with E-state index in [1.807, 2.05) is 59.2 Å². The van der Waals surface area contributed by atoms with Crippen LogP contribution in [0.25, 0.3) is 23.0 Å². The Kier molecular flexibility index (Phi) is 6.33. The first-order valence-electron chi connectivity index (χ1n) is 10.9. The minimum atomic E-state index is 0.0388. The first-order chi connectivity index (χ1) is 15.0. The Hall–Kier alpha value is -3.18. The number of carbonyl (C=O) groups excluding carboxylic acids is 1. The summed E-state index contributed by atoms with van der Waals surface area (Å²) >= 11 is 0. The monoisotopic (exact) mass is 414 g/mol. The Morgan fingerprint density at radius 1 is 1.06 bits per heavy atom. The van der Waals surface area contributed by atoms with Crippen LogP contribution in [0.15, 0.2) is 66.9 Å². The molecule has 2 heterocycles. The zero-order valence-corrected chi connectivity index (χ0v) is 18.5. The summed E-state index contributed by atoms with van der Waals surface area (Å²) in [7, 11) is 4.05. The fraction of sp³-hybridized carbons (Fsp3) is 0.308. The van der Waals surface area contributed by atoms with Crippen molar-refractivity contribution in [3.8, 4) is 16.9 Å². The van der Waals surface area contributed by atoms with Crippen LogP contribution in [0.1, 0.15) is 24.0 Å². The molecule has 1 saturated heterocycles. The van der Waals surface area contributed by atoms with Crippen molar-refractivity contribution in [2.75, 3.05) is 27.2 Å². The predicted molar refractivity (Wildman–Crippen MR) is 126 cm³/mol. The molecule has 0 atom stereocenters. The molecule has 1 aromatic heterocycles. The van der Waals surface area contributed by atoms with Crippen LogP contribution in [-0.4, -0.2) is 58.7 Å². The molecule has 31 heavy (non-hydrogen) atoms. The van der Waals surface area contributed by atoms with Crippen molar-refractivity contribution >= 4 is 12.0 Å². The lowest BCUT2D eigenvalue weighted by molar-refractivity contribution is -0.127. The molecule has 0 bridgehead atoms. The topological polar surface area (TPSA) is 41.4 Å². The second-order valence-electron chi connectivity index (χ2n) is 8.40. The van der Waals surface area contributed by atoms with Gasteiger partial charge in [-0.05, 0) is 58.1 Å². The van der Waals surface area contributed by atoms with Gasteiger partial charge in [-0.2, -0.15) is 5.10 Å².